The molecular formula is C29H30N2O3. The number of amides is 1. The van der Waals surface area contributed by atoms with E-state index in [2.05, 4.69) is 22.0 Å². The average Bonchev–Trinajstić information content (AvgIpc) is 2.80. The quantitative estimate of drug-likeness (QED) is 0.601. The molecule has 4 aliphatic carbocycles. The lowest BCUT2D eigenvalue weighted by Gasteiger charge is -2.56. The van der Waals surface area contributed by atoms with Crippen LogP contribution >= 0.6 is 0 Å². The van der Waals surface area contributed by atoms with Gasteiger partial charge in [0.05, 0.1) is 16.9 Å². The molecule has 0 spiro atoms. The van der Waals surface area contributed by atoms with E-state index in [1.165, 1.54) is 19.3 Å². The van der Waals surface area contributed by atoms with Crippen LogP contribution in [0.3, 0.4) is 0 Å². The number of hydrogen-bond acceptors (Lipinski definition) is 3. The van der Waals surface area contributed by atoms with Crippen molar-refractivity contribution in [2.75, 3.05) is 0 Å². The molecule has 1 N–H and O–H groups in total. The lowest BCUT2D eigenvalue weighted by molar-refractivity contribution is -0.0167. The molecule has 174 valence electrons. The Labute approximate surface area is 199 Å². The van der Waals surface area contributed by atoms with E-state index in [4.69, 9.17) is 4.74 Å². The van der Waals surface area contributed by atoms with Crippen LogP contribution in [-0.2, 0) is 0 Å². The van der Waals surface area contributed by atoms with Crippen molar-refractivity contribution < 1.29 is 9.53 Å². The van der Waals surface area contributed by atoms with Crippen LogP contribution in [0.25, 0.3) is 10.9 Å². The summed E-state index contributed by atoms with van der Waals surface area (Å²) < 4.78 is 8.36. The fraction of sp³-hybridized carbons (Fsp3) is 0.448. The van der Waals surface area contributed by atoms with Gasteiger partial charge in [-0.1, -0.05) is 36.4 Å². The lowest BCUT2D eigenvalue weighted by atomic mass is 9.53. The first-order chi connectivity index (χ1) is 16.5. The third-order valence-electron chi connectivity index (χ3n) is 8.87. The minimum Gasteiger partial charge on any atom is -0.486 e. The molecule has 4 bridgehead atoms. The van der Waals surface area contributed by atoms with Gasteiger partial charge in [0.25, 0.3) is 5.91 Å². The van der Waals surface area contributed by atoms with E-state index in [0.29, 0.717) is 11.1 Å². The molecule has 2 aromatic carbocycles. The van der Waals surface area contributed by atoms with Crippen molar-refractivity contribution in [3.63, 3.8) is 0 Å². The lowest BCUT2D eigenvalue weighted by Crippen LogP contribution is -2.60. The number of aromatic nitrogens is 1. The maximum Gasteiger partial charge on any atom is 0.257 e. The van der Waals surface area contributed by atoms with Gasteiger partial charge in [0.15, 0.2) is 0 Å². The molecule has 2 heterocycles. The average molecular weight is 455 g/mol. The van der Waals surface area contributed by atoms with Gasteiger partial charge in [-0.15, -0.1) is 0 Å². The van der Waals surface area contributed by atoms with E-state index in [1.54, 1.807) is 6.20 Å². The molecule has 8 rings (SSSR count). The van der Waals surface area contributed by atoms with Crippen LogP contribution in [0.1, 0.15) is 67.4 Å². The van der Waals surface area contributed by atoms with Crippen molar-refractivity contribution in [3.8, 4) is 5.75 Å². The molecule has 2 atom stereocenters. The van der Waals surface area contributed by atoms with Gasteiger partial charge in [-0.25, -0.2) is 0 Å². The SMILES string of the molecule is CC1Oc2cccc3c(=O)c(C(=O)NC45CC6CC(CC(C6)C4)C5)cn(c23)C1c1ccccc1. The number of benzene rings is 2. The van der Waals surface area contributed by atoms with E-state index in [0.717, 1.165) is 48.1 Å². The van der Waals surface area contributed by atoms with Gasteiger partial charge in [-0.3, -0.25) is 9.59 Å². The monoisotopic (exact) mass is 454 g/mol. The Hall–Kier alpha value is -3.08. The van der Waals surface area contributed by atoms with Crippen LogP contribution in [-0.4, -0.2) is 22.1 Å². The van der Waals surface area contributed by atoms with Crippen molar-refractivity contribution in [3.05, 3.63) is 76.1 Å². The molecule has 4 fully saturated rings. The fourth-order valence-electron chi connectivity index (χ4n) is 8.00. The first-order valence-corrected chi connectivity index (χ1v) is 12.7. The first-order valence-electron chi connectivity index (χ1n) is 12.7. The molecule has 34 heavy (non-hydrogen) atoms. The van der Waals surface area contributed by atoms with Crippen LogP contribution in [0.4, 0.5) is 0 Å². The summed E-state index contributed by atoms with van der Waals surface area (Å²) in [6.07, 6.45) is 8.80. The minimum absolute atomic E-state index is 0.120. The summed E-state index contributed by atoms with van der Waals surface area (Å²) in [5.74, 6) is 2.67. The summed E-state index contributed by atoms with van der Waals surface area (Å²) in [5, 5.41) is 3.96. The maximum absolute atomic E-state index is 13.7. The van der Waals surface area contributed by atoms with E-state index in [1.807, 2.05) is 43.3 Å². The minimum atomic E-state index is -0.214. The number of carbonyl (C=O) groups excluding carboxylic acids is 1. The first kappa shape index (κ1) is 20.3. The van der Waals surface area contributed by atoms with Crippen molar-refractivity contribution >= 4 is 16.8 Å². The highest BCUT2D eigenvalue weighted by Crippen LogP contribution is 2.55. The van der Waals surface area contributed by atoms with Crippen LogP contribution in [0.15, 0.2) is 59.5 Å². The summed E-state index contributed by atoms with van der Waals surface area (Å²) in [6.45, 7) is 2.05. The van der Waals surface area contributed by atoms with Gasteiger partial charge in [0, 0.05) is 11.7 Å². The summed E-state index contributed by atoms with van der Waals surface area (Å²) in [6, 6.07) is 15.6. The van der Waals surface area contributed by atoms with Crippen LogP contribution in [0, 0.1) is 17.8 Å². The molecule has 5 aliphatic rings. The molecule has 3 aromatic rings. The molecule has 0 saturated heterocycles. The normalized spacial score (nSPS) is 33.0. The van der Waals surface area contributed by atoms with Gasteiger partial charge in [-0.2, -0.15) is 0 Å². The summed E-state index contributed by atoms with van der Waals surface area (Å²) in [7, 11) is 0. The molecular weight excluding hydrogens is 424 g/mol. The Morgan fingerprint density at radius 3 is 2.32 bits per heavy atom. The second kappa shape index (κ2) is 7.21. The van der Waals surface area contributed by atoms with Crippen LogP contribution in [0.5, 0.6) is 5.75 Å². The Kier molecular flexibility index (Phi) is 4.31. The summed E-state index contributed by atoms with van der Waals surface area (Å²) in [5.41, 5.74) is 1.77. The number of nitrogens with one attached hydrogen (secondary N) is 1. The molecule has 4 saturated carbocycles. The Bertz CT molecular complexity index is 1320. The largest absolute Gasteiger partial charge is 0.486 e. The third-order valence-corrected chi connectivity index (χ3v) is 8.87. The van der Waals surface area contributed by atoms with E-state index < -0.39 is 0 Å². The van der Waals surface area contributed by atoms with Crippen molar-refractivity contribution in [1.82, 2.24) is 9.88 Å². The molecule has 1 aromatic heterocycles. The Balaban J connectivity index is 1.34. The molecule has 1 amide bonds. The zero-order chi connectivity index (χ0) is 23.0. The van der Waals surface area contributed by atoms with Gasteiger partial charge in [0.1, 0.15) is 17.4 Å². The van der Waals surface area contributed by atoms with Crippen molar-refractivity contribution in [1.29, 1.82) is 0 Å². The second-order valence-corrected chi connectivity index (χ2v) is 11.3. The van der Waals surface area contributed by atoms with Crippen molar-refractivity contribution in [2.24, 2.45) is 17.8 Å². The van der Waals surface area contributed by atoms with Gasteiger partial charge in [-0.05, 0) is 80.9 Å². The van der Waals surface area contributed by atoms with E-state index in [9.17, 15) is 9.59 Å². The topological polar surface area (TPSA) is 60.3 Å². The zero-order valence-corrected chi connectivity index (χ0v) is 19.5. The molecule has 5 heteroatoms. The Morgan fingerprint density at radius 1 is 0.971 bits per heavy atom. The highest BCUT2D eigenvalue weighted by Gasteiger charge is 2.51. The van der Waals surface area contributed by atoms with Gasteiger partial charge in [0.2, 0.25) is 5.43 Å². The van der Waals surface area contributed by atoms with Gasteiger partial charge < -0.3 is 14.6 Å². The highest BCUT2D eigenvalue weighted by atomic mass is 16.5. The standard InChI is InChI=1S/C29H30N2O3/c1-17-25(21-6-3-2-4-7-21)31-16-23(27(32)22-8-5-9-24(34-17)26(22)31)28(33)30-29-13-18-10-19(14-29)12-20(11-18)15-29/h2-9,16-20,25H,10-15H2,1H3,(H,30,33). The maximum atomic E-state index is 13.7. The molecule has 0 radical (unpaired) electrons. The smallest absolute Gasteiger partial charge is 0.257 e. The summed E-state index contributed by atoms with van der Waals surface area (Å²) >= 11 is 0. The van der Waals surface area contributed by atoms with Gasteiger partial charge >= 0.3 is 0 Å². The molecule has 2 unspecified atom stereocenters. The number of nitrogens with zero attached hydrogens (tertiary/aromatic N) is 1. The Morgan fingerprint density at radius 2 is 1.65 bits per heavy atom. The second-order valence-electron chi connectivity index (χ2n) is 11.3. The number of ether oxygens (including phenoxy) is 1. The predicted molar refractivity (Wildman–Crippen MR) is 131 cm³/mol. The van der Waals surface area contributed by atoms with Crippen LogP contribution in [0.2, 0.25) is 0 Å². The third kappa shape index (κ3) is 2.98. The van der Waals surface area contributed by atoms with E-state index >= 15 is 0 Å². The molecule has 5 nitrogen and oxygen atoms in total. The van der Waals surface area contributed by atoms with Crippen LogP contribution < -0.4 is 15.5 Å². The molecule has 1 aliphatic heterocycles. The number of hydrogen-bond donors (Lipinski definition) is 1. The van der Waals surface area contributed by atoms with Crippen molar-refractivity contribution in [2.45, 2.75) is 63.1 Å². The summed E-state index contributed by atoms with van der Waals surface area (Å²) in [4.78, 5) is 27.3. The van der Waals surface area contributed by atoms with E-state index in [-0.39, 0.29) is 34.6 Å². The number of carbonyl (C=O) groups is 1. The highest BCUT2D eigenvalue weighted by molar-refractivity contribution is 5.99. The predicted octanol–water partition coefficient (Wildman–Crippen LogP) is 5.07. The number of rotatable bonds is 3. The zero-order valence-electron chi connectivity index (χ0n) is 19.5. The number of pyridine rings is 1. The fourth-order valence-corrected chi connectivity index (χ4v) is 8.00. The number of para-hydroxylation sites is 1.